The number of rotatable bonds is 4. The lowest BCUT2D eigenvalue weighted by molar-refractivity contribution is 0.101. The Morgan fingerprint density at radius 2 is 1.68 bits per heavy atom. The molecule has 0 N–H and O–H groups in total. The van der Waals surface area contributed by atoms with Gasteiger partial charge in [0, 0.05) is 18.3 Å². The average molecular weight is 252 g/mol. The van der Waals surface area contributed by atoms with Gasteiger partial charge >= 0.3 is 0 Å². The molecule has 0 saturated heterocycles. The summed E-state index contributed by atoms with van der Waals surface area (Å²) >= 11 is 0. The van der Waals surface area contributed by atoms with Crippen molar-refractivity contribution >= 4 is 23.5 Å². The molecule has 3 heteroatoms. The van der Waals surface area contributed by atoms with Crippen LogP contribution in [0.25, 0.3) is 0 Å². The second-order valence-corrected chi connectivity index (χ2v) is 4.29. The number of carbonyl (C=O) groups is 1. The molecule has 0 aliphatic heterocycles. The van der Waals surface area contributed by atoms with Gasteiger partial charge < -0.3 is 4.90 Å². The normalized spacial score (nSPS) is 10.6. The number of aliphatic imine (C=N–C) groups is 1. The quantitative estimate of drug-likeness (QED) is 0.472. The van der Waals surface area contributed by atoms with Crippen LogP contribution in [0.1, 0.15) is 17.3 Å². The third kappa shape index (κ3) is 3.52. The molecule has 0 spiro atoms. The first-order valence-electron chi connectivity index (χ1n) is 6.10. The van der Waals surface area contributed by atoms with Crippen molar-refractivity contribution in [3.63, 3.8) is 0 Å². The van der Waals surface area contributed by atoms with Gasteiger partial charge in [0.15, 0.2) is 5.78 Å². The summed E-state index contributed by atoms with van der Waals surface area (Å²) in [6.07, 6.45) is 1.76. The molecule has 0 aliphatic carbocycles. The Labute approximate surface area is 113 Å². The van der Waals surface area contributed by atoms with E-state index in [4.69, 9.17) is 0 Å². The van der Waals surface area contributed by atoms with Crippen LogP contribution in [0.15, 0.2) is 59.6 Å². The van der Waals surface area contributed by atoms with Crippen LogP contribution in [-0.2, 0) is 0 Å². The van der Waals surface area contributed by atoms with E-state index in [1.54, 1.807) is 25.4 Å². The van der Waals surface area contributed by atoms with Crippen LogP contribution < -0.4 is 4.90 Å². The SMILES string of the molecule is CC(=O)c1ccc(N=CN(C)c2ccccc2)cc1. The number of carbonyl (C=O) groups excluding carboxylic acids is 1. The zero-order chi connectivity index (χ0) is 13.7. The van der Waals surface area contributed by atoms with Gasteiger partial charge in [-0.25, -0.2) is 4.99 Å². The molecule has 0 atom stereocenters. The fourth-order valence-corrected chi connectivity index (χ4v) is 1.67. The predicted octanol–water partition coefficient (Wildman–Crippen LogP) is 3.69. The first kappa shape index (κ1) is 13.0. The molecular weight excluding hydrogens is 236 g/mol. The molecule has 0 radical (unpaired) electrons. The number of benzene rings is 2. The smallest absolute Gasteiger partial charge is 0.159 e. The molecule has 96 valence electrons. The summed E-state index contributed by atoms with van der Waals surface area (Å²) in [5.74, 6) is 0.0666. The third-order valence-electron chi connectivity index (χ3n) is 2.82. The highest BCUT2D eigenvalue weighted by atomic mass is 16.1. The van der Waals surface area contributed by atoms with Crippen LogP contribution in [0.3, 0.4) is 0 Å². The molecule has 2 aromatic carbocycles. The van der Waals surface area contributed by atoms with Crippen LogP contribution in [0.4, 0.5) is 11.4 Å². The number of nitrogens with zero attached hydrogens (tertiary/aromatic N) is 2. The molecular formula is C16H16N2O. The van der Waals surface area contributed by atoms with E-state index in [1.807, 2.05) is 54.4 Å². The Hall–Kier alpha value is -2.42. The lowest BCUT2D eigenvalue weighted by Gasteiger charge is -2.12. The largest absolute Gasteiger partial charge is 0.336 e. The van der Waals surface area contributed by atoms with Gasteiger partial charge in [-0.3, -0.25) is 4.79 Å². The Morgan fingerprint density at radius 3 is 2.26 bits per heavy atom. The van der Waals surface area contributed by atoms with Gasteiger partial charge in [0.2, 0.25) is 0 Å². The van der Waals surface area contributed by atoms with Crippen molar-refractivity contribution in [1.29, 1.82) is 0 Å². The Balaban J connectivity index is 2.08. The van der Waals surface area contributed by atoms with E-state index in [0.717, 1.165) is 11.4 Å². The van der Waals surface area contributed by atoms with E-state index in [0.29, 0.717) is 5.56 Å². The molecule has 0 bridgehead atoms. The van der Waals surface area contributed by atoms with Crippen LogP contribution in [0.5, 0.6) is 0 Å². The van der Waals surface area contributed by atoms with Crippen molar-refractivity contribution in [1.82, 2.24) is 0 Å². The van der Waals surface area contributed by atoms with Crippen molar-refractivity contribution in [2.45, 2.75) is 6.92 Å². The average Bonchev–Trinajstić information content (AvgIpc) is 2.46. The third-order valence-corrected chi connectivity index (χ3v) is 2.82. The number of hydrogen-bond donors (Lipinski definition) is 0. The van der Waals surface area contributed by atoms with Gasteiger partial charge in [-0.15, -0.1) is 0 Å². The summed E-state index contributed by atoms with van der Waals surface area (Å²) in [6.45, 7) is 1.56. The first-order chi connectivity index (χ1) is 9.16. The van der Waals surface area contributed by atoms with E-state index in [2.05, 4.69) is 4.99 Å². The number of ketones is 1. The van der Waals surface area contributed by atoms with E-state index < -0.39 is 0 Å². The number of hydrogen-bond acceptors (Lipinski definition) is 2. The summed E-state index contributed by atoms with van der Waals surface area (Å²) in [5, 5.41) is 0. The maximum atomic E-state index is 11.2. The van der Waals surface area contributed by atoms with E-state index in [-0.39, 0.29) is 5.78 Å². The monoisotopic (exact) mass is 252 g/mol. The highest BCUT2D eigenvalue weighted by Crippen LogP contribution is 2.14. The fraction of sp³-hybridized carbons (Fsp3) is 0.125. The van der Waals surface area contributed by atoms with Crippen LogP contribution >= 0.6 is 0 Å². The van der Waals surface area contributed by atoms with Crippen LogP contribution in [0, 0.1) is 0 Å². The highest BCUT2D eigenvalue weighted by Gasteiger charge is 1.98. The van der Waals surface area contributed by atoms with Gasteiger partial charge in [-0.05, 0) is 43.3 Å². The minimum Gasteiger partial charge on any atom is -0.336 e. The minimum atomic E-state index is 0.0666. The van der Waals surface area contributed by atoms with Crippen molar-refractivity contribution in [2.24, 2.45) is 4.99 Å². The maximum absolute atomic E-state index is 11.2. The second kappa shape index (κ2) is 5.96. The summed E-state index contributed by atoms with van der Waals surface area (Å²) in [7, 11) is 1.95. The van der Waals surface area contributed by atoms with Gasteiger partial charge in [-0.2, -0.15) is 0 Å². The molecule has 3 nitrogen and oxygen atoms in total. The van der Waals surface area contributed by atoms with E-state index in [1.165, 1.54) is 0 Å². The minimum absolute atomic E-state index is 0.0666. The summed E-state index contributed by atoms with van der Waals surface area (Å²) in [5.41, 5.74) is 2.61. The highest BCUT2D eigenvalue weighted by molar-refractivity contribution is 5.94. The van der Waals surface area contributed by atoms with E-state index >= 15 is 0 Å². The zero-order valence-electron chi connectivity index (χ0n) is 11.1. The Kier molecular flexibility index (Phi) is 4.08. The van der Waals surface area contributed by atoms with Gasteiger partial charge in [0.05, 0.1) is 12.0 Å². The topological polar surface area (TPSA) is 32.7 Å². The molecule has 19 heavy (non-hydrogen) atoms. The Morgan fingerprint density at radius 1 is 1.05 bits per heavy atom. The fourth-order valence-electron chi connectivity index (χ4n) is 1.67. The van der Waals surface area contributed by atoms with Gasteiger partial charge in [0.25, 0.3) is 0 Å². The van der Waals surface area contributed by atoms with Crippen LogP contribution in [-0.4, -0.2) is 19.2 Å². The molecule has 0 saturated carbocycles. The standard InChI is InChI=1S/C16H16N2O/c1-13(19)14-8-10-15(11-9-14)17-12-18(2)16-6-4-3-5-7-16/h3-12H,1-2H3. The molecule has 2 rings (SSSR count). The molecule has 0 aliphatic rings. The summed E-state index contributed by atoms with van der Waals surface area (Å²) < 4.78 is 0. The van der Waals surface area contributed by atoms with Crippen LogP contribution in [0.2, 0.25) is 0 Å². The predicted molar refractivity (Wildman–Crippen MR) is 79.4 cm³/mol. The Bertz CT molecular complexity index is 573. The van der Waals surface area contributed by atoms with Gasteiger partial charge in [-0.1, -0.05) is 18.2 Å². The molecule has 0 fully saturated rings. The lowest BCUT2D eigenvalue weighted by atomic mass is 10.1. The maximum Gasteiger partial charge on any atom is 0.159 e. The lowest BCUT2D eigenvalue weighted by Crippen LogP contribution is -2.13. The van der Waals surface area contributed by atoms with Crippen molar-refractivity contribution in [3.8, 4) is 0 Å². The molecule has 0 amide bonds. The number of anilines is 1. The summed E-state index contributed by atoms with van der Waals surface area (Å²) in [6, 6.07) is 17.3. The van der Waals surface area contributed by atoms with Crippen molar-refractivity contribution in [3.05, 3.63) is 60.2 Å². The van der Waals surface area contributed by atoms with Crippen molar-refractivity contribution in [2.75, 3.05) is 11.9 Å². The zero-order valence-corrected chi connectivity index (χ0v) is 11.1. The molecule has 0 heterocycles. The molecule has 2 aromatic rings. The second-order valence-electron chi connectivity index (χ2n) is 4.29. The number of para-hydroxylation sites is 1. The number of Topliss-reactive ketones (excluding diaryl/α,β-unsaturated/α-hetero) is 1. The summed E-state index contributed by atoms with van der Waals surface area (Å²) in [4.78, 5) is 17.5. The molecule has 0 aromatic heterocycles. The van der Waals surface area contributed by atoms with E-state index in [9.17, 15) is 4.79 Å². The molecule has 0 unspecified atom stereocenters. The van der Waals surface area contributed by atoms with Crippen molar-refractivity contribution < 1.29 is 4.79 Å². The van der Waals surface area contributed by atoms with Gasteiger partial charge in [0.1, 0.15) is 0 Å². The first-order valence-corrected chi connectivity index (χ1v) is 6.10.